The van der Waals surface area contributed by atoms with Crippen molar-refractivity contribution in [2.24, 2.45) is 0 Å². The van der Waals surface area contributed by atoms with Crippen LogP contribution in [-0.2, 0) is 35.9 Å². The number of aliphatic hydroxyl groups excluding tert-OH is 2. The molecule has 6 aromatic rings. The molecule has 2 atom stereocenters. The average Bonchev–Trinajstić information content (AvgIpc) is 3.27. The van der Waals surface area contributed by atoms with E-state index in [-0.39, 0.29) is 42.4 Å². The Labute approximate surface area is 361 Å². The maximum atomic E-state index is 13.3. The summed E-state index contributed by atoms with van der Waals surface area (Å²) in [6, 6.07) is 22.5. The number of hydrogen-bond acceptors (Lipinski definition) is 12. The summed E-state index contributed by atoms with van der Waals surface area (Å²) in [5, 5.41) is 53.7. The van der Waals surface area contributed by atoms with Crippen molar-refractivity contribution in [1.29, 1.82) is 5.26 Å². The van der Waals surface area contributed by atoms with E-state index in [0.29, 0.717) is 33.8 Å². The first kappa shape index (κ1) is 44.9. The van der Waals surface area contributed by atoms with Crippen molar-refractivity contribution in [2.75, 3.05) is 13.2 Å². The number of aromatic nitrogens is 3. The molecule has 0 spiro atoms. The van der Waals surface area contributed by atoms with Crippen molar-refractivity contribution in [2.45, 2.75) is 65.1 Å². The zero-order valence-electron chi connectivity index (χ0n) is 34.4. The number of pyridine rings is 2. The van der Waals surface area contributed by atoms with Crippen molar-refractivity contribution in [3.8, 4) is 39.8 Å². The van der Waals surface area contributed by atoms with Crippen LogP contribution in [0.3, 0.4) is 0 Å². The van der Waals surface area contributed by atoms with Gasteiger partial charge >= 0.3 is 11.9 Å². The Morgan fingerprint density at radius 2 is 1.42 bits per heavy atom. The molecule has 0 unspecified atom stereocenters. The fraction of sp³-hybridized carbons (Fsp3) is 0.261. The number of halogens is 1. The summed E-state index contributed by atoms with van der Waals surface area (Å²) in [4.78, 5) is 45.4. The fourth-order valence-corrected chi connectivity index (χ4v) is 6.90. The van der Waals surface area contributed by atoms with Gasteiger partial charge in [0.05, 0.1) is 29.4 Å². The normalized spacial score (nSPS) is 13.2. The predicted molar refractivity (Wildman–Crippen MR) is 231 cm³/mol. The second kappa shape index (κ2) is 18.9. The molecule has 0 radical (unpaired) electrons. The van der Waals surface area contributed by atoms with Gasteiger partial charge in [-0.2, -0.15) is 5.26 Å². The smallest absolute Gasteiger partial charge is 0.326 e. The van der Waals surface area contributed by atoms with Gasteiger partial charge in [-0.05, 0) is 90.9 Å². The van der Waals surface area contributed by atoms with Crippen LogP contribution < -0.4 is 25.7 Å². The molecule has 6 rings (SSSR count). The van der Waals surface area contributed by atoms with E-state index in [0.717, 1.165) is 38.9 Å². The number of carboxylic acid groups (broad SMARTS) is 2. The lowest BCUT2D eigenvalue weighted by Gasteiger charge is -2.25. The number of hydrogen-bond donors (Lipinski definition) is 6. The Balaban J connectivity index is 1.25. The number of aliphatic hydroxyl groups is 2. The Kier molecular flexibility index (Phi) is 13.7. The molecule has 0 bridgehead atoms. The second-order valence-electron chi connectivity index (χ2n) is 15.3. The maximum Gasteiger partial charge on any atom is 0.326 e. The lowest BCUT2D eigenvalue weighted by atomic mass is 9.90. The number of nitrogens with zero attached hydrogens (tertiary/aromatic N) is 4. The van der Waals surface area contributed by atoms with E-state index in [2.05, 4.69) is 26.7 Å². The molecule has 0 aliphatic carbocycles. The third-order valence-electron chi connectivity index (χ3n) is 10.9. The van der Waals surface area contributed by atoms with E-state index < -0.39 is 36.2 Å². The highest BCUT2D eigenvalue weighted by molar-refractivity contribution is 6.32. The average molecular weight is 861 g/mol. The van der Waals surface area contributed by atoms with Crippen LogP contribution in [0, 0.1) is 25.2 Å². The molecule has 0 aliphatic heterocycles. The van der Waals surface area contributed by atoms with Gasteiger partial charge in [0.15, 0.2) is 0 Å². The fourth-order valence-electron chi connectivity index (χ4n) is 6.66. The van der Waals surface area contributed by atoms with Crippen molar-refractivity contribution in [1.82, 2.24) is 25.0 Å². The van der Waals surface area contributed by atoms with Gasteiger partial charge in [0.2, 0.25) is 0 Å². The molecule has 0 saturated carbocycles. The zero-order valence-corrected chi connectivity index (χ0v) is 35.2. The van der Waals surface area contributed by atoms with E-state index in [1.165, 1.54) is 30.6 Å². The third-order valence-corrected chi connectivity index (χ3v) is 11.2. The van der Waals surface area contributed by atoms with Crippen LogP contribution in [0.25, 0.3) is 27.9 Å². The monoisotopic (exact) mass is 860 g/mol. The van der Waals surface area contributed by atoms with Crippen LogP contribution >= 0.6 is 11.6 Å². The molecule has 0 saturated heterocycles. The first-order valence-electron chi connectivity index (χ1n) is 19.4. The van der Waals surface area contributed by atoms with E-state index in [4.69, 9.17) is 21.1 Å². The third kappa shape index (κ3) is 9.60. The summed E-state index contributed by atoms with van der Waals surface area (Å²) in [5.74, 6) is -1.81. The highest BCUT2D eigenvalue weighted by Crippen LogP contribution is 2.37. The van der Waals surface area contributed by atoms with Gasteiger partial charge in [-0.1, -0.05) is 48.0 Å². The van der Waals surface area contributed by atoms with E-state index in [9.17, 15) is 40.1 Å². The number of nitrogens with one attached hydrogen (secondary N) is 2. The van der Waals surface area contributed by atoms with Crippen LogP contribution in [-0.4, -0.2) is 71.0 Å². The first-order valence-corrected chi connectivity index (χ1v) is 19.8. The highest BCUT2D eigenvalue weighted by atomic mass is 35.5. The van der Waals surface area contributed by atoms with Gasteiger partial charge in [0, 0.05) is 55.1 Å². The molecule has 320 valence electrons. The molecular weight excluding hydrogens is 816 g/mol. The quantitative estimate of drug-likeness (QED) is 0.0621. The number of ether oxygens (including phenoxy) is 2. The van der Waals surface area contributed by atoms with Gasteiger partial charge in [-0.25, -0.2) is 4.98 Å². The van der Waals surface area contributed by atoms with Crippen LogP contribution in [0.1, 0.15) is 52.8 Å². The SMILES string of the molecule is Cc1c(COc2cc(OCc3cncc(C#N)c3)c(CN[C@@](C)(CO)C(=O)O)cc2Cl)cccc1-c1cccc(-c2ccn3c(=O)c(CN[C@@](C)(CO)C(=O)O)cnc3c2)c1C. The molecule has 3 aromatic carbocycles. The molecule has 15 nitrogen and oxygen atoms in total. The van der Waals surface area contributed by atoms with Crippen molar-refractivity contribution < 1.29 is 39.5 Å². The molecule has 0 aliphatic rings. The largest absolute Gasteiger partial charge is 0.488 e. The standard InChI is InChI=1S/C46H45ClN6O9/c1-27-32(24-62-40-16-39(61-23-30-13-29(17-48)18-49-19-30)33(14-38(40)47)21-51-45(3,25-54)43(57)58)7-5-9-36(27)37-10-6-8-35(28(37)2)31-11-12-53-41(15-31)50-20-34(42(53)56)22-52-46(4,26-55)44(59)60/h5-16,18-20,51-52,54-55H,21-26H2,1-4H3,(H,57,58)(H,59,60)/t45-,46-/m0/s1. The predicted octanol–water partition coefficient (Wildman–Crippen LogP) is 5.57. The van der Waals surface area contributed by atoms with Crippen LogP contribution in [0.2, 0.25) is 5.02 Å². The van der Waals surface area contributed by atoms with Crippen molar-refractivity contribution >= 4 is 29.2 Å². The molecule has 3 aromatic heterocycles. The van der Waals surface area contributed by atoms with Gasteiger partial charge in [-0.3, -0.25) is 34.4 Å². The lowest BCUT2D eigenvalue weighted by molar-refractivity contribution is -0.146. The van der Waals surface area contributed by atoms with Crippen molar-refractivity contribution in [3.05, 3.63) is 146 Å². The Morgan fingerprint density at radius 3 is 2.08 bits per heavy atom. The summed E-state index contributed by atoms with van der Waals surface area (Å²) in [5.41, 5.74) is 5.13. The van der Waals surface area contributed by atoms with Gasteiger partial charge in [-0.15, -0.1) is 0 Å². The number of benzene rings is 3. The molecular formula is C46H45ClN6O9. The van der Waals surface area contributed by atoms with E-state index in [1.54, 1.807) is 30.6 Å². The highest BCUT2D eigenvalue weighted by Gasteiger charge is 2.33. The Hall–Kier alpha value is -6.67. The number of fused-ring (bicyclic) bond motifs is 1. The van der Waals surface area contributed by atoms with Gasteiger partial charge < -0.3 is 29.9 Å². The van der Waals surface area contributed by atoms with Crippen LogP contribution in [0.15, 0.2) is 96.3 Å². The number of aliphatic carboxylic acids is 2. The first-order chi connectivity index (χ1) is 29.6. The summed E-state index contributed by atoms with van der Waals surface area (Å²) in [6.45, 7) is 5.50. The molecule has 16 heteroatoms. The Morgan fingerprint density at radius 1 is 0.790 bits per heavy atom. The van der Waals surface area contributed by atoms with E-state index >= 15 is 0 Å². The Bertz CT molecular complexity index is 2770. The zero-order chi connectivity index (χ0) is 44.8. The van der Waals surface area contributed by atoms with Crippen LogP contribution in [0.5, 0.6) is 11.5 Å². The number of rotatable bonds is 18. The lowest BCUT2D eigenvalue weighted by Crippen LogP contribution is -2.52. The molecule has 3 heterocycles. The molecule has 0 amide bonds. The summed E-state index contributed by atoms with van der Waals surface area (Å²) in [7, 11) is 0. The summed E-state index contributed by atoms with van der Waals surface area (Å²) in [6.07, 6.45) is 6.06. The molecule has 0 fully saturated rings. The number of carboxylic acids is 2. The number of carbonyl (C=O) groups is 2. The van der Waals surface area contributed by atoms with Gasteiger partial charge in [0.1, 0.15) is 47.5 Å². The second-order valence-corrected chi connectivity index (χ2v) is 15.7. The number of nitriles is 1. The molecule has 62 heavy (non-hydrogen) atoms. The molecule has 6 N–H and O–H groups in total. The van der Waals surface area contributed by atoms with E-state index in [1.807, 2.05) is 62.4 Å². The summed E-state index contributed by atoms with van der Waals surface area (Å²) >= 11 is 6.76. The maximum absolute atomic E-state index is 13.3. The van der Waals surface area contributed by atoms with Crippen LogP contribution in [0.4, 0.5) is 0 Å². The summed E-state index contributed by atoms with van der Waals surface area (Å²) < 4.78 is 13.9. The minimum absolute atomic E-state index is 0.0104. The topological polar surface area (TPSA) is 229 Å². The van der Waals surface area contributed by atoms with Gasteiger partial charge in [0.25, 0.3) is 5.56 Å². The van der Waals surface area contributed by atoms with Crippen molar-refractivity contribution in [3.63, 3.8) is 0 Å². The minimum atomic E-state index is -1.63. The minimum Gasteiger partial charge on any atom is -0.488 e.